The number of rotatable bonds is 2. The van der Waals surface area contributed by atoms with Crippen LogP contribution in [0.25, 0.3) is 16.7 Å². The molecule has 1 fully saturated rings. The van der Waals surface area contributed by atoms with E-state index in [1.165, 1.54) is 0 Å². The quantitative estimate of drug-likeness (QED) is 0.617. The number of hydrogen-bond acceptors (Lipinski definition) is 6. The summed E-state index contributed by atoms with van der Waals surface area (Å²) in [5.74, 6) is 2.11. The maximum absolute atomic E-state index is 12.3. The van der Waals surface area contributed by atoms with Gasteiger partial charge in [-0.25, -0.2) is 19.4 Å². The Labute approximate surface area is 180 Å². The van der Waals surface area contributed by atoms with Crippen molar-refractivity contribution in [2.24, 2.45) is 0 Å². The molecule has 4 rings (SSSR count). The number of halogens is 1. The van der Waals surface area contributed by atoms with Crippen LogP contribution in [-0.4, -0.2) is 62.5 Å². The average Bonchev–Trinajstić information content (AvgIpc) is 3.03. The molecule has 1 saturated heterocycles. The predicted molar refractivity (Wildman–Crippen MR) is 116 cm³/mol. The van der Waals surface area contributed by atoms with E-state index in [1.807, 2.05) is 58.0 Å². The number of carbonyl (C=O) groups is 1. The van der Waals surface area contributed by atoms with Gasteiger partial charge >= 0.3 is 6.09 Å². The van der Waals surface area contributed by atoms with E-state index in [1.54, 1.807) is 9.58 Å². The van der Waals surface area contributed by atoms with Gasteiger partial charge in [0, 0.05) is 37.6 Å². The third kappa shape index (κ3) is 4.18. The molecule has 30 heavy (non-hydrogen) atoms. The van der Waals surface area contributed by atoms with Crippen molar-refractivity contribution in [1.82, 2.24) is 24.6 Å². The van der Waals surface area contributed by atoms with Crippen LogP contribution in [-0.2, 0) is 4.74 Å². The lowest BCUT2D eigenvalue weighted by atomic mass is 10.2. The summed E-state index contributed by atoms with van der Waals surface area (Å²) in [5.41, 5.74) is 0.391. The second-order valence-electron chi connectivity index (χ2n) is 8.31. The van der Waals surface area contributed by atoms with Crippen molar-refractivity contribution in [3.63, 3.8) is 0 Å². The summed E-state index contributed by atoms with van der Waals surface area (Å²) in [6.07, 6.45) is -0.278. The minimum atomic E-state index is -0.499. The molecule has 0 unspecified atom stereocenters. The lowest BCUT2D eigenvalue weighted by molar-refractivity contribution is 0.0240. The summed E-state index contributed by atoms with van der Waals surface area (Å²) < 4.78 is 7.22. The van der Waals surface area contributed by atoms with Crippen molar-refractivity contribution < 1.29 is 9.53 Å². The number of hydrogen-bond donors (Lipinski definition) is 0. The molecule has 0 bridgehead atoms. The van der Waals surface area contributed by atoms with Crippen molar-refractivity contribution in [3.05, 3.63) is 41.3 Å². The van der Waals surface area contributed by atoms with Gasteiger partial charge in [-0.2, -0.15) is 5.10 Å². The molecular weight excluding hydrogens is 404 g/mol. The number of nitrogens with zero attached hydrogens (tertiary/aromatic N) is 6. The normalized spacial score (nSPS) is 15.0. The van der Waals surface area contributed by atoms with E-state index in [0.717, 1.165) is 16.7 Å². The molecule has 3 heterocycles. The molecule has 2 aromatic heterocycles. The Hall–Kier alpha value is -2.87. The van der Waals surface area contributed by atoms with Gasteiger partial charge in [0.2, 0.25) is 0 Å². The predicted octanol–water partition coefficient (Wildman–Crippen LogP) is 3.83. The summed E-state index contributed by atoms with van der Waals surface area (Å²) in [6.45, 7) is 9.95. The zero-order chi connectivity index (χ0) is 21.5. The summed E-state index contributed by atoms with van der Waals surface area (Å²) in [7, 11) is 0. The van der Waals surface area contributed by atoms with Crippen LogP contribution in [0.1, 0.15) is 26.6 Å². The molecule has 1 aliphatic heterocycles. The number of anilines is 1. The monoisotopic (exact) mass is 428 g/mol. The van der Waals surface area contributed by atoms with Gasteiger partial charge in [0.1, 0.15) is 17.2 Å². The standard InChI is InChI=1S/C21H25ClN6O2/c1-14-23-17(26-9-11-27(12-10-26)20(29)30-21(2,3)4)13-18(24-14)28-16-8-6-5-7-15(16)19(22)25-28/h5-8,13H,9-12H2,1-4H3. The highest BCUT2D eigenvalue weighted by molar-refractivity contribution is 6.34. The number of amides is 1. The SMILES string of the molecule is Cc1nc(N2CCN(C(=O)OC(C)(C)C)CC2)cc(-n2nc(Cl)c3ccccc32)n1. The highest BCUT2D eigenvalue weighted by Gasteiger charge is 2.26. The molecule has 0 aliphatic carbocycles. The van der Waals surface area contributed by atoms with Crippen molar-refractivity contribution in [1.29, 1.82) is 0 Å². The summed E-state index contributed by atoms with van der Waals surface area (Å²) in [4.78, 5) is 25.4. The van der Waals surface area contributed by atoms with E-state index in [-0.39, 0.29) is 6.09 Å². The van der Waals surface area contributed by atoms with Crippen molar-refractivity contribution in [3.8, 4) is 5.82 Å². The first-order chi connectivity index (χ1) is 14.2. The minimum Gasteiger partial charge on any atom is -0.444 e. The molecule has 1 aromatic carbocycles. The van der Waals surface area contributed by atoms with E-state index < -0.39 is 5.60 Å². The van der Waals surface area contributed by atoms with Crippen molar-refractivity contribution in [2.45, 2.75) is 33.3 Å². The molecule has 1 amide bonds. The number of benzene rings is 1. The van der Waals surface area contributed by atoms with Crippen molar-refractivity contribution >= 4 is 34.4 Å². The number of aryl methyl sites for hydroxylation is 1. The van der Waals surface area contributed by atoms with Gasteiger partial charge in [0.05, 0.1) is 5.52 Å². The van der Waals surface area contributed by atoms with Crippen LogP contribution in [0.2, 0.25) is 5.15 Å². The topological polar surface area (TPSA) is 76.4 Å². The Morgan fingerprint density at radius 1 is 1.07 bits per heavy atom. The lowest BCUT2D eigenvalue weighted by Crippen LogP contribution is -2.50. The van der Waals surface area contributed by atoms with Crippen LogP contribution in [0.15, 0.2) is 30.3 Å². The van der Waals surface area contributed by atoms with E-state index in [0.29, 0.717) is 43.0 Å². The molecule has 8 nitrogen and oxygen atoms in total. The number of carbonyl (C=O) groups excluding carboxylic acids is 1. The third-order valence-corrected chi connectivity index (χ3v) is 5.10. The fourth-order valence-electron chi connectivity index (χ4n) is 3.45. The van der Waals surface area contributed by atoms with E-state index in [2.05, 4.69) is 20.0 Å². The third-order valence-electron chi connectivity index (χ3n) is 4.83. The second-order valence-corrected chi connectivity index (χ2v) is 8.66. The zero-order valence-electron chi connectivity index (χ0n) is 17.6. The van der Waals surface area contributed by atoms with Gasteiger partial charge in [0.15, 0.2) is 11.0 Å². The van der Waals surface area contributed by atoms with E-state index in [9.17, 15) is 4.79 Å². The fraction of sp³-hybridized carbons (Fsp3) is 0.429. The van der Waals surface area contributed by atoms with Crippen LogP contribution < -0.4 is 4.90 Å². The molecule has 0 atom stereocenters. The second kappa shape index (κ2) is 7.75. The maximum atomic E-state index is 12.3. The van der Waals surface area contributed by atoms with Gasteiger partial charge in [-0.3, -0.25) is 0 Å². The number of aromatic nitrogens is 4. The number of fused-ring (bicyclic) bond motifs is 1. The molecule has 9 heteroatoms. The van der Waals surface area contributed by atoms with E-state index >= 15 is 0 Å². The van der Waals surface area contributed by atoms with Crippen LogP contribution >= 0.6 is 11.6 Å². The molecule has 0 N–H and O–H groups in total. The largest absolute Gasteiger partial charge is 0.444 e. The number of para-hydroxylation sites is 1. The highest BCUT2D eigenvalue weighted by atomic mass is 35.5. The Morgan fingerprint density at radius 2 is 1.73 bits per heavy atom. The lowest BCUT2D eigenvalue weighted by Gasteiger charge is -2.36. The summed E-state index contributed by atoms with van der Waals surface area (Å²) in [5, 5.41) is 5.78. The molecule has 0 radical (unpaired) electrons. The Kier molecular flexibility index (Phi) is 5.27. The molecule has 0 spiro atoms. The van der Waals surface area contributed by atoms with Crippen LogP contribution in [0.5, 0.6) is 0 Å². The van der Waals surface area contributed by atoms with Crippen LogP contribution in [0.4, 0.5) is 10.6 Å². The molecule has 158 valence electrons. The van der Waals surface area contributed by atoms with Crippen LogP contribution in [0, 0.1) is 6.92 Å². The van der Waals surface area contributed by atoms with Gasteiger partial charge in [0.25, 0.3) is 0 Å². The molecule has 3 aromatic rings. The Morgan fingerprint density at radius 3 is 2.43 bits per heavy atom. The molecular formula is C21H25ClN6O2. The van der Waals surface area contributed by atoms with Gasteiger partial charge in [-0.05, 0) is 39.8 Å². The maximum Gasteiger partial charge on any atom is 0.410 e. The molecule has 0 saturated carbocycles. The highest BCUT2D eigenvalue weighted by Crippen LogP contribution is 2.26. The first kappa shape index (κ1) is 20.4. The van der Waals surface area contributed by atoms with Gasteiger partial charge in [-0.15, -0.1) is 0 Å². The first-order valence-electron chi connectivity index (χ1n) is 9.93. The van der Waals surface area contributed by atoms with Crippen molar-refractivity contribution in [2.75, 3.05) is 31.1 Å². The average molecular weight is 429 g/mol. The smallest absolute Gasteiger partial charge is 0.410 e. The number of piperazine rings is 1. The Bertz CT molecular complexity index is 1080. The minimum absolute atomic E-state index is 0.278. The fourth-order valence-corrected chi connectivity index (χ4v) is 3.69. The first-order valence-corrected chi connectivity index (χ1v) is 10.3. The number of ether oxygens (including phenoxy) is 1. The van der Waals surface area contributed by atoms with Crippen LogP contribution in [0.3, 0.4) is 0 Å². The Balaban J connectivity index is 1.56. The zero-order valence-corrected chi connectivity index (χ0v) is 18.3. The van der Waals surface area contributed by atoms with E-state index in [4.69, 9.17) is 16.3 Å². The summed E-state index contributed by atoms with van der Waals surface area (Å²) in [6, 6.07) is 9.69. The summed E-state index contributed by atoms with van der Waals surface area (Å²) >= 11 is 6.31. The molecule has 1 aliphatic rings. The van der Waals surface area contributed by atoms with Gasteiger partial charge in [-0.1, -0.05) is 23.7 Å². The van der Waals surface area contributed by atoms with Gasteiger partial charge < -0.3 is 14.5 Å².